The van der Waals surface area contributed by atoms with E-state index in [1.54, 1.807) is 28.8 Å². The summed E-state index contributed by atoms with van der Waals surface area (Å²) in [7, 11) is -3.64. The van der Waals surface area contributed by atoms with E-state index in [2.05, 4.69) is 9.97 Å². The second kappa shape index (κ2) is 4.36. The van der Waals surface area contributed by atoms with E-state index in [4.69, 9.17) is 0 Å². The van der Waals surface area contributed by atoms with Gasteiger partial charge in [-0.25, -0.2) is 18.4 Å². The first-order chi connectivity index (χ1) is 9.93. The van der Waals surface area contributed by atoms with Crippen LogP contribution in [-0.4, -0.2) is 29.0 Å². The van der Waals surface area contributed by atoms with Gasteiger partial charge >= 0.3 is 0 Å². The van der Waals surface area contributed by atoms with Crippen molar-refractivity contribution in [2.45, 2.75) is 5.16 Å². The maximum atomic E-state index is 12.3. The molecule has 3 rings (SSSR count). The van der Waals surface area contributed by atoms with Crippen LogP contribution in [0.2, 0.25) is 0 Å². The van der Waals surface area contributed by atoms with Crippen LogP contribution in [0.5, 0.6) is 0 Å². The molecule has 3 aromatic heterocycles. The number of sulfone groups is 1. The van der Waals surface area contributed by atoms with Gasteiger partial charge in [0.2, 0.25) is 20.4 Å². The Morgan fingerprint density at radius 3 is 2.71 bits per heavy atom. The Hall–Kier alpha value is -2.79. The quantitative estimate of drug-likeness (QED) is 0.479. The smallest absolute Gasteiger partial charge is 0.247 e. The van der Waals surface area contributed by atoms with E-state index in [0.717, 1.165) is 6.26 Å². The van der Waals surface area contributed by atoms with E-state index in [1.165, 1.54) is 6.20 Å². The Morgan fingerprint density at radius 2 is 2.05 bits per heavy atom. The fraction of sp³-hybridized carbons (Fsp3) is 0.0769. The molecule has 0 bridgehead atoms. The summed E-state index contributed by atoms with van der Waals surface area (Å²) in [6.45, 7) is 0. The topological polar surface area (TPSA) is 105 Å². The van der Waals surface area contributed by atoms with Gasteiger partial charge in [0.05, 0.1) is 17.2 Å². The molecule has 0 aliphatic carbocycles. The van der Waals surface area contributed by atoms with Crippen LogP contribution in [-0.2, 0) is 9.84 Å². The molecule has 0 saturated heterocycles. The standard InChI is InChI=1S/C13H8N4O3S/c1-21(19,20)13-15-7-10-11(16-13)12(18)8(6-14)9-4-2-3-5-17(9)10/h2-5,7H,1H3. The zero-order valence-corrected chi connectivity index (χ0v) is 11.6. The largest absolute Gasteiger partial charge is 0.312 e. The summed E-state index contributed by atoms with van der Waals surface area (Å²) < 4.78 is 24.6. The maximum Gasteiger partial charge on any atom is 0.247 e. The first-order valence-corrected chi connectivity index (χ1v) is 7.73. The molecule has 104 valence electrons. The molecule has 0 spiro atoms. The summed E-state index contributed by atoms with van der Waals surface area (Å²) in [5.74, 6) is 0. The van der Waals surface area contributed by atoms with Gasteiger partial charge in [-0.05, 0) is 12.1 Å². The summed E-state index contributed by atoms with van der Waals surface area (Å²) in [6.07, 6.45) is 3.88. The number of hydrogen-bond donors (Lipinski definition) is 0. The van der Waals surface area contributed by atoms with Crippen LogP contribution < -0.4 is 5.43 Å². The minimum atomic E-state index is -3.64. The summed E-state index contributed by atoms with van der Waals surface area (Å²) in [4.78, 5) is 19.9. The third-order valence-corrected chi connectivity index (χ3v) is 3.87. The Balaban J connectivity index is 2.62. The molecule has 0 fully saturated rings. The van der Waals surface area contributed by atoms with E-state index in [1.807, 2.05) is 6.07 Å². The molecule has 0 atom stereocenters. The van der Waals surface area contributed by atoms with Crippen LogP contribution in [0.1, 0.15) is 5.56 Å². The van der Waals surface area contributed by atoms with Crippen molar-refractivity contribution >= 4 is 26.4 Å². The first-order valence-electron chi connectivity index (χ1n) is 5.84. The van der Waals surface area contributed by atoms with Gasteiger partial charge in [-0.3, -0.25) is 4.79 Å². The van der Waals surface area contributed by atoms with Gasteiger partial charge in [-0.15, -0.1) is 0 Å². The first kappa shape index (κ1) is 13.2. The summed E-state index contributed by atoms with van der Waals surface area (Å²) in [6, 6.07) is 6.90. The van der Waals surface area contributed by atoms with E-state index in [9.17, 15) is 18.5 Å². The molecule has 0 aliphatic heterocycles. The average molecular weight is 300 g/mol. The molecule has 21 heavy (non-hydrogen) atoms. The number of nitriles is 1. The molecule has 0 unspecified atom stereocenters. The maximum absolute atomic E-state index is 12.3. The molecule has 8 heteroatoms. The zero-order chi connectivity index (χ0) is 15.2. The number of hydrogen-bond acceptors (Lipinski definition) is 6. The van der Waals surface area contributed by atoms with Gasteiger partial charge in [0, 0.05) is 12.5 Å². The molecule has 0 amide bonds. The third-order valence-electron chi connectivity index (χ3n) is 3.01. The van der Waals surface area contributed by atoms with Gasteiger partial charge < -0.3 is 4.40 Å². The summed E-state index contributed by atoms with van der Waals surface area (Å²) in [5, 5.41) is 8.74. The second-order valence-corrected chi connectivity index (χ2v) is 6.34. The fourth-order valence-corrected chi connectivity index (χ4v) is 2.58. The van der Waals surface area contributed by atoms with Crippen LogP contribution in [0, 0.1) is 11.3 Å². The Morgan fingerprint density at radius 1 is 1.29 bits per heavy atom. The Labute approximate surface area is 119 Å². The van der Waals surface area contributed by atoms with Crippen LogP contribution in [0.25, 0.3) is 16.6 Å². The minimum absolute atomic E-state index is 0.0822. The molecule has 0 N–H and O–H groups in total. The van der Waals surface area contributed by atoms with Crippen molar-refractivity contribution < 1.29 is 8.42 Å². The number of rotatable bonds is 1. The van der Waals surface area contributed by atoms with Crippen molar-refractivity contribution in [2.75, 3.05) is 6.26 Å². The highest BCUT2D eigenvalue weighted by Crippen LogP contribution is 2.15. The zero-order valence-electron chi connectivity index (χ0n) is 10.8. The monoisotopic (exact) mass is 300 g/mol. The van der Waals surface area contributed by atoms with Crippen molar-refractivity contribution in [3.63, 3.8) is 0 Å². The number of pyridine rings is 2. The minimum Gasteiger partial charge on any atom is -0.312 e. The van der Waals surface area contributed by atoms with Crippen molar-refractivity contribution in [3.8, 4) is 6.07 Å². The fourth-order valence-electron chi connectivity index (χ4n) is 2.08. The van der Waals surface area contributed by atoms with Crippen LogP contribution in [0.4, 0.5) is 0 Å². The summed E-state index contributed by atoms with van der Waals surface area (Å²) >= 11 is 0. The van der Waals surface area contributed by atoms with Crippen LogP contribution in [0.15, 0.2) is 40.5 Å². The number of aromatic nitrogens is 3. The summed E-state index contributed by atoms with van der Waals surface area (Å²) in [5.41, 5.74) is -0.00636. The Kier molecular flexibility index (Phi) is 2.74. The van der Waals surface area contributed by atoms with Gasteiger partial charge in [0.15, 0.2) is 0 Å². The molecule has 0 aliphatic rings. The van der Waals surface area contributed by atoms with Crippen molar-refractivity contribution in [1.29, 1.82) is 5.26 Å². The highest BCUT2D eigenvalue weighted by molar-refractivity contribution is 7.90. The lowest BCUT2D eigenvalue weighted by Gasteiger charge is -2.07. The molecule has 0 aromatic carbocycles. The highest BCUT2D eigenvalue weighted by atomic mass is 32.2. The molecular formula is C13H8N4O3S. The SMILES string of the molecule is CS(=O)(=O)c1ncc2c(n1)c(=O)c(C#N)c1ccccn12. The highest BCUT2D eigenvalue weighted by Gasteiger charge is 2.17. The lowest BCUT2D eigenvalue weighted by Crippen LogP contribution is -2.15. The average Bonchev–Trinajstić information content (AvgIpc) is 2.46. The molecule has 0 saturated carbocycles. The predicted octanol–water partition coefficient (Wildman–Crippen LogP) is 0.518. The van der Waals surface area contributed by atoms with Crippen molar-refractivity contribution in [3.05, 3.63) is 46.4 Å². The molecule has 0 radical (unpaired) electrons. The molecule has 7 nitrogen and oxygen atoms in total. The van der Waals surface area contributed by atoms with E-state index in [-0.39, 0.29) is 11.1 Å². The second-order valence-electron chi connectivity index (χ2n) is 4.43. The molecular weight excluding hydrogens is 292 g/mol. The number of fused-ring (bicyclic) bond motifs is 3. The van der Waals surface area contributed by atoms with E-state index >= 15 is 0 Å². The normalized spacial score (nSPS) is 11.6. The predicted molar refractivity (Wildman–Crippen MR) is 74.6 cm³/mol. The van der Waals surface area contributed by atoms with Crippen LogP contribution in [0.3, 0.4) is 0 Å². The van der Waals surface area contributed by atoms with Crippen molar-refractivity contribution in [1.82, 2.24) is 14.4 Å². The molecule has 3 aromatic rings. The third kappa shape index (κ3) is 1.95. The van der Waals surface area contributed by atoms with Gasteiger partial charge in [0.1, 0.15) is 17.1 Å². The molecule has 3 heterocycles. The Bertz CT molecular complexity index is 1090. The van der Waals surface area contributed by atoms with E-state index in [0.29, 0.717) is 11.0 Å². The van der Waals surface area contributed by atoms with Gasteiger partial charge in [0.25, 0.3) is 0 Å². The van der Waals surface area contributed by atoms with E-state index < -0.39 is 20.4 Å². The van der Waals surface area contributed by atoms with Crippen LogP contribution >= 0.6 is 0 Å². The van der Waals surface area contributed by atoms with Gasteiger partial charge in [-0.1, -0.05) is 6.07 Å². The van der Waals surface area contributed by atoms with Gasteiger partial charge in [-0.2, -0.15) is 5.26 Å². The number of nitrogens with zero attached hydrogens (tertiary/aromatic N) is 4. The lowest BCUT2D eigenvalue weighted by atomic mass is 10.2. The lowest BCUT2D eigenvalue weighted by molar-refractivity contribution is 0.593. The van der Waals surface area contributed by atoms with Crippen molar-refractivity contribution in [2.24, 2.45) is 0 Å².